The number of anilines is 1. The predicted octanol–water partition coefficient (Wildman–Crippen LogP) is 4.13. The molecule has 5 heteroatoms. The summed E-state index contributed by atoms with van der Waals surface area (Å²) < 4.78 is 2.56. The van der Waals surface area contributed by atoms with Crippen LogP contribution < -0.4 is 5.32 Å². The molecule has 0 aliphatic rings. The standard InChI is InChI=1S/C17H12BrN3O/c1-11-12(10-19)15-8-4-5-9-21(15)16(11)17(22)20-14-7-3-2-6-13(14)18/h2-9H,1H3,(H,20,22). The van der Waals surface area contributed by atoms with Crippen molar-refractivity contribution >= 4 is 33.0 Å². The Bertz CT molecular complexity index is 921. The molecule has 108 valence electrons. The lowest BCUT2D eigenvalue weighted by molar-refractivity contribution is 0.102. The third kappa shape index (κ3) is 2.28. The SMILES string of the molecule is Cc1c(C#N)c2ccccn2c1C(=O)Nc1ccccc1Br. The fourth-order valence-electron chi connectivity index (χ4n) is 2.50. The molecule has 2 aromatic heterocycles. The first-order valence-corrected chi connectivity index (χ1v) is 7.48. The Labute approximate surface area is 136 Å². The minimum atomic E-state index is -0.243. The number of pyridine rings is 1. The van der Waals surface area contributed by atoms with Gasteiger partial charge in [-0.25, -0.2) is 0 Å². The molecule has 0 atom stereocenters. The van der Waals surface area contributed by atoms with Gasteiger partial charge >= 0.3 is 0 Å². The zero-order valence-corrected chi connectivity index (χ0v) is 13.4. The summed E-state index contributed by atoms with van der Waals surface area (Å²) in [5, 5.41) is 12.2. The number of amides is 1. The number of hydrogen-bond donors (Lipinski definition) is 1. The van der Waals surface area contributed by atoms with Gasteiger partial charge in [-0.05, 0) is 52.7 Å². The molecular formula is C17H12BrN3O. The number of nitriles is 1. The topological polar surface area (TPSA) is 57.3 Å². The highest BCUT2D eigenvalue weighted by molar-refractivity contribution is 9.10. The van der Waals surface area contributed by atoms with Crippen molar-refractivity contribution in [3.63, 3.8) is 0 Å². The maximum atomic E-state index is 12.7. The molecule has 22 heavy (non-hydrogen) atoms. The lowest BCUT2D eigenvalue weighted by Crippen LogP contribution is -2.15. The Kier molecular flexibility index (Phi) is 3.70. The molecule has 0 spiro atoms. The lowest BCUT2D eigenvalue weighted by atomic mass is 10.1. The van der Waals surface area contributed by atoms with Crippen LogP contribution in [-0.2, 0) is 0 Å². The molecule has 0 saturated carbocycles. The van der Waals surface area contributed by atoms with Gasteiger partial charge in [0, 0.05) is 10.7 Å². The van der Waals surface area contributed by atoms with Gasteiger partial charge < -0.3 is 9.72 Å². The molecule has 3 rings (SSSR count). The number of fused-ring (bicyclic) bond motifs is 1. The second kappa shape index (κ2) is 5.66. The zero-order valence-electron chi connectivity index (χ0n) is 11.8. The molecule has 0 bridgehead atoms. The van der Waals surface area contributed by atoms with Gasteiger partial charge in [-0.15, -0.1) is 0 Å². The molecule has 0 fully saturated rings. The molecule has 0 aliphatic heterocycles. The van der Waals surface area contributed by atoms with Crippen LogP contribution in [0.25, 0.3) is 5.52 Å². The van der Waals surface area contributed by atoms with E-state index in [1.807, 2.05) is 42.5 Å². The van der Waals surface area contributed by atoms with Gasteiger partial charge in [0.2, 0.25) is 0 Å². The maximum Gasteiger partial charge on any atom is 0.272 e. The Morgan fingerprint density at radius 1 is 1.23 bits per heavy atom. The van der Waals surface area contributed by atoms with E-state index in [-0.39, 0.29) is 5.91 Å². The van der Waals surface area contributed by atoms with Crippen molar-refractivity contribution in [2.45, 2.75) is 6.92 Å². The number of nitrogens with zero attached hydrogens (tertiary/aromatic N) is 2. The number of carbonyl (C=O) groups excluding carboxylic acids is 1. The van der Waals surface area contributed by atoms with Gasteiger partial charge in [-0.1, -0.05) is 18.2 Å². The van der Waals surface area contributed by atoms with Crippen molar-refractivity contribution in [2.75, 3.05) is 5.32 Å². The normalized spacial score (nSPS) is 10.4. The van der Waals surface area contributed by atoms with Crippen molar-refractivity contribution in [1.82, 2.24) is 4.40 Å². The van der Waals surface area contributed by atoms with Crippen LogP contribution in [0.5, 0.6) is 0 Å². The van der Waals surface area contributed by atoms with E-state index in [0.29, 0.717) is 22.5 Å². The van der Waals surface area contributed by atoms with E-state index in [4.69, 9.17) is 0 Å². The van der Waals surface area contributed by atoms with E-state index in [9.17, 15) is 10.1 Å². The van der Waals surface area contributed by atoms with Crippen LogP contribution in [0.2, 0.25) is 0 Å². The van der Waals surface area contributed by atoms with Crippen molar-refractivity contribution in [3.8, 4) is 6.07 Å². The van der Waals surface area contributed by atoms with Crippen molar-refractivity contribution in [3.05, 3.63) is 70.0 Å². The minimum absolute atomic E-state index is 0.243. The van der Waals surface area contributed by atoms with E-state index >= 15 is 0 Å². The monoisotopic (exact) mass is 353 g/mol. The highest BCUT2D eigenvalue weighted by atomic mass is 79.9. The molecule has 1 N–H and O–H groups in total. The molecule has 2 heterocycles. The summed E-state index contributed by atoms with van der Waals surface area (Å²) in [5.74, 6) is -0.243. The molecular weight excluding hydrogens is 342 g/mol. The quantitative estimate of drug-likeness (QED) is 0.752. The summed E-state index contributed by atoms with van der Waals surface area (Å²) in [6.07, 6.45) is 1.79. The van der Waals surface area contributed by atoms with Crippen molar-refractivity contribution < 1.29 is 4.79 Å². The van der Waals surface area contributed by atoms with Gasteiger partial charge in [0.1, 0.15) is 11.8 Å². The van der Waals surface area contributed by atoms with Crippen LogP contribution in [0.1, 0.15) is 21.6 Å². The van der Waals surface area contributed by atoms with Gasteiger partial charge in [0.15, 0.2) is 0 Å². The Balaban J connectivity index is 2.11. The Morgan fingerprint density at radius 3 is 2.68 bits per heavy atom. The zero-order chi connectivity index (χ0) is 15.7. The molecule has 3 aromatic rings. The van der Waals surface area contributed by atoms with Gasteiger partial charge in [0.05, 0.1) is 16.8 Å². The summed E-state index contributed by atoms with van der Waals surface area (Å²) in [6, 6.07) is 15.1. The molecule has 4 nitrogen and oxygen atoms in total. The predicted molar refractivity (Wildman–Crippen MR) is 88.9 cm³/mol. The molecule has 1 aromatic carbocycles. The van der Waals surface area contributed by atoms with E-state index in [2.05, 4.69) is 27.3 Å². The van der Waals surface area contributed by atoms with Crippen LogP contribution in [0, 0.1) is 18.3 Å². The second-order valence-electron chi connectivity index (χ2n) is 4.85. The number of halogens is 1. The highest BCUT2D eigenvalue weighted by Gasteiger charge is 2.20. The summed E-state index contributed by atoms with van der Waals surface area (Å²) in [6.45, 7) is 1.79. The number of aromatic nitrogens is 1. The van der Waals surface area contributed by atoms with Crippen molar-refractivity contribution in [1.29, 1.82) is 5.26 Å². The molecule has 0 aliphatic carbocycles. The number of nitrogens with one attached hydrogen (secondary N) is 1. The van der Waals surface area contributed by atoms with Gasteiger partial charge in [-0.3, -0.25) is 4.79 Å². The second-order valence-corrected chi connectivity index (χ2v) is 5.70. The first-order chi connectivity index (χ1) is 10.6. The van der Waals surface area contributed by atoms with Crippen LogP contribution in [0.4, 0.5) is 5.69 Å². The molecule has 1 amide bonds. The Morgan fingerprint density at radius 2 is 1.95 bits per heavy atom. The van der Waals surface area contributed by atoms with Crippen LogP contribution in [0.3, 0.4) is 0 Å². The third-order valence-electron chi connectivity index (χ3n) is 3.54. The van der Waals surface area contributed by atoms with Crippen molar-refractivity contribution in [2.24, 2.45) is 0 Å². The first kappa shape index (κ1) is 14.4. The van der Waals surface area contributed by atoms with Gasteiger partial charge in [0.25, 0.3) is 5.91 Å². The van der Waals surface area contributed by atoms with E-state index in [1.165, 1.54) is 0 Å². The highest BCUT2D eigenvalue weighted by Crippen LogP contribution is 2.25. The number of para-hydroxylation sites is 1. The maximum absolute atomic E-state index is 12.7. The van der Waals surface area contributed by atoms with Crippen LogP contribution >= 0.6 is 15.9 Å². The smallest absolute Gasteiger partial charge is 0.272 e. The summed E-state index contributed by atoms with van der Waals surface area (Å²) in [4.78, 5) is 12.7. The number of benzene rings is 1. The first-order valence-electron chi connectivity index (χ1n) is 6.69. The van der Waals surface area contributed by atoms with E-state index < -0.39 is 0 Å². The largest absolute Gasteiger partial charge is 0.320 e. The lowest BCUT2D eigenvalue weighted by Gasteiger charge is -2.08. The molecule has 0 radical (unpaired) electrons. The fraction of sp³-hybridized carbons (Fsp3) is 0.0588. The average Bonchev–Trinajstić information content (AvgIpc) is 2.81. The summed E-state index contributed by atoms with van der Waals surface area (Å²) in [5.41, 5.74) is 3.11. The number of rotatable bonds is 2. The third-order valence-corrected chi connectivity index (χ3v) is 4.23. The number of hydrogen-bond acceptors (Lipinski definition) is 2. The molecule has 0 unspecified atom stereocenters. The average molecular weight is 354 g/mol. The van der Waals surface area contributed by atoms with E-state index in [0.717, 1.165) is 9.99 Å². The van der Waals surface area contributed by atoms with E-state index in [1.54, 1.807) is 17.5 Å². The van der Waals surface area contributed by atoms with Crippen LogP contribution in [-0.4, -0.2) is 10.3 Å². The minimum Gasteiger partial charge on any atom is -0.320 e. The summed E-state index contributed by atoms with van der Waals surface area (Å²) >= 11 is 3.41. The van der Waals surface area contributed by atoms with Crippen LogP contribution in [0.15, 0.2) is 53.1 Å². The molecule has 0 saturated heterocycles. The summed E-state index contributed by atoms with van der Waals surface area (Å²) in [7, 11) is 0. The van der Waals surface area contributed by atoms with Gasteiger partial charge in [-0.2, -0.15) is 5.26 Å². The fourth-order valence-corrected chi connectivity index (χ4v) is 2.88. The Hall–Kier alpha value is -2.58. The number of carbonyl (C=O) groups is 1.